The molecule has 0 aliphatic rings. The molecule has 2 heteroatoms. The Balaban J connectivity index is 1.14. The van der Waals surface area contributed by atoms with E-state index in [1.165, 1.54) is 0 Å². The van der Waals surface area contributed by atoms with Gasteiger partial charge in [0, 0.05) is 12.4 Å². The van der Waals surface area contributed by atoms with Gasteiger partial charge in [-0.05, 0) is 89.0 Å². The molecule has 438 valence electrons. The van der Waals surface area contributed by atoms with E-state index in [9.17, 15) is 0 Å². The highest BCUT2D eigenvalue weighted by Gasteiger charge is 2.48. The molecule has 0 spiro atoms. The van der Waals surface area contributed by atoms with Crippen LogP contribution in [0.3, 0.4) is 0 Å². The second-order valence-corrected chi connectivity index (χ2v) is 23.4. The van der Waals surface area contributed by atoms with Crippen molar-refractivity contribution in [3.05, 3.63) is 489 Å². The van der Waals surface area contributed by atoms with Gasteiger partial charge in [-0.2, -0.15) is 0 Å². The number of rotatable bonds is 19. The molecule has 14 rings (SSSR count). The molecule has 0 aliphatic carbocycles. The second kappa shape index (κ2) is 26.2. The molecule has 0 amide bonds. The average Bonchev–Trinajstić information content (AvgIpc) is 0.719. The van der Waals surface area contributed by atoms with Crippen LogP contribution in [-0.2, 0) is 21.7 Å². The molecule has 0 N–H and O–H groups in total. The molecule has 0 saturated heterocycles. The molecule has 0 radical (unpaired) electrons. The molecular formula is C90H68N2. The molecule has 92 heavy (non-hydrogen) atoms. The Bertz CT molecular complexity index is 3740. The summed E-state index contributed by atoms with van der Waals surface area (Å²) in [6, 6.07) is 145. The minimum Gasteiger partial charge on any atom is -0.255 e. The molecule has 0 fully saturated rings. The van der Waals surface area contributed by atoms with Crippen LogP contribution in [0.2, 0.25) is 0 Å². The Morgan fingerprint density at radius 3 is 0.380 bits per heavy atom. The largest absolute Gasteiger partial charge is 0.255 e. The Labute approximate surface area is 541 Å². The number of para-hydroxylation sites is 2. The fourth-order valence-corrected chi connectivity index (χ4v) is 14.9. The fourth-order valence-electron chi connectivity index (χ4n) is 14.9. The van der Waals surface area contributed by atoms with E-state index in [2.05, 4.69) is 400 Å². The smallest absolute Gasteiger partial charge is 0.0726 e. The monoisotopic (exact) mass is 1180 g/mol. The number of nitrogens with zero attached hydrogens (tertiary/aromatic N) is 2. The molecule has 2 nitrogen and oxygen atoms in total. The molecule has 14 aromatic rings. The van der Waals surface area contributed by atoms with Crippen molar-refractivity contribution in [3.8, 4) is 0 Å². The first-order valence-corrected chi connectivity index (χ1v) is 31.7. The van der Waals surface area contributed by atoms with Crippen LogP contribution < -0.4 is 0 Å². The third-order valence-corrected chi connectivity index (χ3v) is 18.6. The van der Waals surface area contributed by atoms with Crippen molar-refractivity contribution in [1.82, 2.24) is 0 Å². The third kappa shape index (κ3) is 10.1. The van der Waals surface area contributed by atoms with Gasteiger partial charge in [-0.25, -0.2) is 0 Å². The summed E-state index contributed by atoms with van der Waals surface area (Å²) in [5.74, 6) is 0. The van der Waals surface area contributed by atoms with Gasteiger partial charge in [0.05, 0.1) is 33.0 Å². The van der Waals surface area contributed by atoms with Crippen molar-refractivity contribution in [3.63, 3.8) is 0 Å². The van der Waals surface area contributed by atoms with E-state index < -0.39 is 21.7 Å². The molecule has 0 saturated carbocycles. The lowest BCUT2D eigenvalue weighted by Gasteiger charge is -2.41. The maximum atomic E-state index is 6.06. The Kier molecular flexibility index (Phi) is 16.6. The van der Waals surface area contributed by atoms with Gasteiger partial charge >= 0.3 is 0 Å². The van der Waals surface area contributed by atoms with Gasteiger partial charge < -0.3 is 0 Å². The summed E-state index contributed by atoms with van der Waals surface area (Å²) in [5.41, 5.74) is 15.5. The minimum absolute atomic E-state index is 0.819. The molecule has 0 aromatic heterocycles. The average molecular weight is 1180 g/mol. The van der Waals surface area contributed by atoms with Gasteiger partial charge in [0.2, 0.25) is 0 Å². The molecule has 14 aromatic carbocycles. The highest BCUT2D eigenvalue weighted by Crippen LogP contribution is 2.57. The lowest BCUT2D eigenvalue weighted by molar-refractivity contribution is 0.720. The lowest BCUT2D eigenvalue weighted by atomic mass is 9.61. The second-order valence-electron chi connectivity index (χ2n) is 23.4. The Morgan fingerprint density at radius 1 is 0.141 bits per heavy atom. The van der Waals surface area contributed by atoms with E-state index in [1.54, 1.807) is 0 Å². The van der Waals surface area contributed by atoms with Crippen LogP contribution in [0, 0.1) is 0 Å². The normalized spacial score (nSPS) is 12.0. The van der Waals surface area contributed by atoms with E-state index in [0.717, 1.165) is 100 Å². The zero-order valence-corrected chi connectivity index (χ0v) is 51.2. The van der Waals surface area contributed by atoms with E-state index in [4.69, 9.17) is 9.98 Å². The number of aliphatic imine (C=N–C) groups is 2. The fraction of sp³-hybridized carbons (Fsp3) is 0.0444. The Morgan fingerprint density at radius 2 is 0.261 bits per heavy atom. The standard InChI is InChI=1S/C90H68N2/c1-13-39-69(40-14-1)87(70-41-15-2-16-42-70,71-43-17-3-18-44-71)81-63-37-64-82(88(72-45-19-4-20-46-72,73-47-21-5-22-48-73)74-49-23-6-24-50-74)85(81)91-67-68-92-86-83(89(75-51-25-7-26-52-75,76-53-27-8-28-54-76)77-55-29-9-30-56-77)65-38-66-84(86)90(78-57-31-10-32-58-78,79-59-33-11-34-60-79)80-61-35-12-36-62-80/h1-68H. The van der Waals surface area contributed by atoms with Gasteiger partial charge in [-0.1, -0.05) is 400 Å². The van der Waals surface area contributed by atoms with Gasteiger partial charge in [-0.3, -0.25) is 9.98 Å². The quantitative estimate of drug-likeness (QED) is 0.0569. The van der Waals surface area contributed by atoms with Crippen molar-refractivity contribution in [2.75, 3.05) is 0 Å². The first-order valence-electron chi connectivity index (χ1n) is 31.7. The molecule has 0 unspecified atom stereocenters. The first kappa shape index (κ1) is 58.1. The van der Waals surface area contributed by atoms with Crippen LogP contribution in [0.15, 0.2) is 410 Å². The van der Waals surface area contributed by atoms with Gasteiger partial charge in [0.25, 0.3) is 0 Å². The highest BCUT2D eigenvalue weighted by molar-refractivity contribution is 6.18. The van der Waals surface area contributed by atoms with Crippen molar-refractivity contribution in [1.29, 1.82) is 0 Å². The minimum atomic E-state index is -0.888. The summed E-state index contributed by atoms with van der Waals surface area (Å²) < 4.78 is 0. The molecule has 0 atom stereocenters. The molecular weight excluding hydrogens is 1110 g/mol. The summed E-state index contributed by atoms with van der Waals surface area (Å²) in [4.78, 5) is 12.1. The zero-order valence-electron chi connectivity index (χ0n) is 51.2. The number of benzene rings is 14. The van der Waals surface area contributed by atoms with Crippen LogP contribution >= 0.6 is 0 Å². The van der Waals surface area contributed by atoms with Crippen molar-refractivity contribution in [2.45, 2.75) is 21.7 Å². The van der Waals surface area contributed by atoms with E-state index >= 15 is 0 Å². The SMILES string of the molecule is C(C=Nc1c(C(c2ccccc2)(c2ccccc2)c2ccccc2)cccc1C(c1ccccc1)(c1ccccc1)c1ccccc1)=Nc1c(C(c2ccccc2)(c2ccccc2)c2ccccc2)cccc1C(c1ccccc1)(c1ccccc1)c1ccccc1. The number of hydrogen-bond acceptors (Lipinski definition) is 2. The summed E-state index contributed by atoms with van der Waals surface area (Å²) in [6.45, 7) is 0. The highest BCUT2D eigenvalue weighted by atomic mass is 14.8. The predicted molar refractivity (Wildman–Crippen MR) is 382 cm³/mol. The summed E-state index contributed by atoms with van der Waals surface area (Å²) in [5, 5.41) is 0. The topological polar surface area (TPSA) is 24.7 Å². The van der Waals surface area contributed by atoms with E-state index in [0.29, 0.717) is 0 Å². The van der Waals surface area contributed by atoms with Crippen molar-refractivity contribution < 1.29 is 0 Å². The van der Waals surface area contributed by atoms with Crippen LogP contribution in [-0.4, -0.2) is 12.4 Å². The van der Waals surface area contributed by atoms with Crippen LogP contribution in [0.1, 0.15) is 89.0 Å². The van der Waals surface area contributed by atoms with Crippen molar-refractivity contribution in [2.24, 2.45) is 9.98 Å². The lowest BCUT2D eigenvalue weighted by Crippen LogP contribution is -2.34. The van der Waals surface area contributed by atoms with Crippen LogP contribution in [0.25, 0.3) is 0 Å². The third-order valence-electron chi connectivity index (χ3n) is 18.6. The first-order chi connectivity index (χ1) is 45.7. The van der Waals surface area contributed by atoms with E-state index in [-0.39, 0.29) is 0 Å². The summed E-state index contributed by atoms with van der Waals surface area (Å²) >= 11 is 0. The molecule has 0 heterocycles. The Hall–Kier alpha value is -11.6. The van der Waals surface area contributed by atoms with Crippen LogP contribution in [0.4, 0.5) is 11.4 Å². The zero-order chi connectivity index (χ0) is 61.9. The van der Waals surface area contributed by atoms with Gasteiger partial charge in [0.1, 0.15) is 0 Å². The summed E-state index contributed by atoms with van der Waals surface area (Å²) in [7, 11) is 0. The summed E-state index contributed by atoms with van der Waals surface area (Å²) in [6.07, 6.45) is 3.93. The van der Waals surface area contributed by atoms with Crippen molar-refractivity contribution >= 4 is 23.8 Å². The maximum absolute atomic E-state index is 6.06. The van der Waals surface area contributed by atoms with Gasteiger partial charge in [-0.15, -0.1) is 0 Å². The molecule has 0 bridgehead atoms. The molecule has 0 aliphatic heterocycles. The number of hydrogen-bond donors (Lipinski definition) is 0. The maximum Gasteiger partial charge on any atom is 0.0726 e. The van der Waals surface area contributed by atoms with E-state index in [1.807, 2.05) is 12.4 Å². The predicted octanol–water partition coefficient (Wildman–Crippen LogP) is 21.3. The van der Waals surface area contributed by atoms with Gasteiger partial charge in [0.15, 0.2) is 0 Å². The van der Waals surface area contributed by atoms with Crippen LogP contribution in [0.5, 0.6) is 0 Å².